The molecule has 0 aliphatic heterocycles. The van der Waals surface area contributed by atoms with Crippen LogP contribution >= 0.6 is 0 Å². The Morgan fingerprint density at radius 1 is 0.403 bits per heavy atom. The van der Waals surface area contributed by atoms with E-state index in [1.165, 1.54) is 186 Å². The van der Waals surface area contributed by atoms with Gasteiger partial charge in [-0.15, -0.1) is 0 Å². The molecular weight excluding hydrogens is 769 g/mol. The predicted octanol–water partition coefficient (Wildman–Crippen LogP) is 16.7. The minimum atomic E-state index is 0. The Balaban J connectivity index is -0.00000580. The molecule has 0 aromatic heterocycles. The van der Waals surface area contributed by atoms with Gasteiger partial charge in [-0.2, -0.15) is 0 Å². The monoisotopic (exact) mass is 887 g/mol. The summed E-state index contributed by atoms with van der Waals surface area (Å²) in [7, 11) is 0. The Kier molecular flexibility index (Phi) is 57.8. The third-order valence-corrected chi connectivity index (χ3v) is 12.4. The summed E-state index contributed by atoms with van der Waals surface area (Å²) in [5.41, 5.74) is 0. The molecule has 0 aromatic carbocycles. The minimum Gasteiger partial charge on any atom is -0.496 e. The van der Waals surface area contributed by atoms with Crippen LogP contribution in [0.1, 0.15) is 250 Å². The molecule has 0 aromatic rings. The Bertz CT molecular complexity index is 839. The molecule has 0 aliphatic rings. The molecule has 0 fully saturated rings. The lowest BCUT2D eigenvalue weighted by atomic mass is 9.95. The van der Waals surface area contributed by atoms with E-state index < -0.39 is 0 Å². The largest absolute Gasteiger partial charge is 0.496 e. The number of hydrogen-bond acceptors (Lipinski definition) is 7. The molecule has 0 radical (unpaired) electrons. The van der Waals surface area contributed by atoms with Gasteiger partial charge in [-0.25, -0.2) is 0 Å². The van der Waals surface area contributed by atoms with Crippen LogP contribution in [-0.4, -0.2) is 95.7 Å². The zero-order valence-corrected chi connectivity index (χ0v) is 41.7. The van der Waals surface area contributed by atoms with Gasteiger partial charge in [-0.05, 0) is 76.4 Å². The Hall–Kier alpha value is -0.700. The second-order valence-corrected chi connectivity index (χ2v) is 18.2. The zero-order chi connectivity index (χ0) is 43.8. The van der Waals surface area contributed by atoms with Gasteiger partial charge in [0.05, 0.1) is 25.6 Å². The van der Waals surface area contributed by atoms with E-state index in [1.807, 2.05) is 0 Å². The van der Waals surface area contributed by atoms with Gasteiger partial charge in [-0.1, -0.05) is 204 Å². The summed E-state index contributed by atoms with van der Waals surface area (Å²) in [5, 5.41) is 0. The van der Waals surface area contributed by atoms with Crippen LogP contribution < -0.4 is 0 Å². The molecule has 378 valence electrons. The van der Waals surface area contributed by atoms with Crippen LogP contribution in [0, 0.1) is 11.8 Å². The lowest BCUT2D eigenvalue weighted by molar-refractivity contribution is -0.0757. The number of rotatable bonds is 52. The SMILES string of the molecule is C.C.C=C(CCN(CCCCCCOCOCC(CCCCCC)CCCCCCCC)CCN(CC)CCC)OCCOCOCC(CCCCCC)CCCCCCCC.[HH]. The van der Waals surface area contributed by atoms with Gasteiger partial charge in [-0.3, -0.25) is 0 Å². The fraction of sp³-hybridized carbons (Fsp3) is 0.964. The standard InChI is InChI=1S/C53H108N2O5.2CH4.H2/c1-8-14-18-22-24-30-36-52(34-28-20-16-10-3)47-58-49-56-44-33-27-26-32-40-55(43-42-54(13-6)39-12-5)41-38-51(7)60-46-45-57-50-59-48-53(35-29-21-17-11-4)37-31-25-23-19-15-9-2;;;/h52-53H,7-50H2,1-6H3;2*1H4;1H. The predicted molar refractivity (Wildman–Crippen MR) is 277 cm³/mol. The van der Waals surface area contributed by atoms with E-state index in [9.17, 15) is 0 Å². The molecule has 62 heavy (non-hydrogen) atoms. The normalized spacial score (nSPS) is 12.5. The molecule has 0 rings (SSSR count). The summed E-state index contributed by atoms with van der Waals surface area (Å²) in [6.45, 7) is 29.0. The molecule has 7 nitrogen and oxygen atoms in total. The summed E-state index contributed by atoms with van der Waals surface area (Å²) in [6.07, 6.45) is 39.1. The first-order valence-corrected chi connectivity index (χ1v) is 26.6. The van der Waals surface area contributed by atoms with Gasteiger partial charge in [0.2, 0.25) is 0 Å². The summed E-state index contributed by atoms with van der Waals surface area (Å²) in [5.74, 6) is 2.22. The third-order valence-electron chi connectivity index (χ3n) is 12.4. The number of unbranched alkanes of at least 4 members (excludes halogenated alkanes) is 19. The molecule has 0 amide bonds. The maximum absolute atomic E-state index is 6.06. The topological polar surface area (TPSA) is 52.6 Å². The highest BCUT2D eigenvalue weighted by atomic mass is 16.7. The fourth-order valence-corrected chi connectivity index (χ4v) is 8.29. The maximum Gasteiger partial charge on any atom is 0.146 e. The van der Waals surface area contributed by atoms with E-state index in [0.29, 0.717) is 38.6 Å². The van der Waals surface area contributed by atoms with Crippen LogP contribution in [0.5, 0.6) is 0 Å². The average Bonchev–Trinajstić information content (AvgIpc) is 3.25. The fourth-order valence-electron chi connectivity index (χ4n) is 8.29. The van der Waals surface area contributed by atoms with Crippen molar-refractivity contribution in [3.63, 3.8) is 0 Å². The second-order valence-electron chi connectivity index (χ2n) is 18.2. The van der Waals surface area contributed by atoms with E-state index in [2.05, 4.69) is 57.9 Å². The molecule has 2 atom stereocenters. The van der Waals surface area contributed by atoms with Gasteiger partial charge in [0.1, 0.15) is 20.2 Å². The summed E-state index contributed by atoms with van der Waals surface area (Å²) >= 11 is 0. The van der Waals surface area contributed by atoms with Crippen molar-refractivity contribution >= 4 is 0 Å². The molecule has 0 N–H and O–H groups in total. The first-order chi connectivity index (χ1) is 29.5. The van der Waals surface area contributed by atoms with Crippen LogP contribution in [0.25, 0.3) is 0 Å². The van der Waals surface area contributed by atoms with E-state index in [1.54, 1.807) is 0 Å². The van der Waals surface area contributed by atoms with Crippen LogP contribution in [0.3, 0.4) is 0 Å². The van der Waals surface area contributed by atoms with Gasteiger partial charge in [0, 0.05) is 34.1 Å². The van der Waals surface area contributed by atoms with Crippen molar-refractivity contribution in [2.75, 3.05) is 85.9 Å². The van der Waals surface area contributed by atoms with Crippen molar-refractivity contribution in [1.82, 2.24) is 9.80 Å². The molecular formula is C55H118N2O5. The second kappa shape index (κ2) is 54.6. The average molecular weight is 888 g/mol. The van der Waals surface area contributed by atoms with Crippen molar-refractivity contribution in [1.29, 1.82) is 0 Å². The number of hydrogen-bond donors (Lipinski definition) is 0. The van der Waals surface area contributed by atoms with Crippen LogP contribution in [-0.2, 0) is 23.7 Å². The summed E-state index contributed by atoms with van der Waals surface area (Å²) in [4.78, 5) is 5.19. The molecule has 0 spiro atoms. The lowest BCUT2D eigenvalue weighted by Gasteiger charge is -2.27. The van der Waals surface area contributed by atoms with Crippen molar-refractivity contribution < 1.29 is 25.1 Å². The lowest BCUT2D eigenvalue weighted by Crippen LogP contribution is -2.36. The van der Waals surface area contributed by atoms with E-state index in [4.69, 9.17) is 23.7 Å². The number of likely N-dealkylation sites (N-methyl/N-ethyl adjacent to an activating group) is 1. The van der Waals surface area contributed by atoms with Crippen LogP contribution in [0.15, 0.2) is 12.3 Å². The molecule has 0 saturated carbocycles. The van der Waals surface area contributed by atoms with Crippen LogP contribution in [0.2, 0.25) is 0 Å². The quantitative estimate of drug-likeness (QED) is 0.0343. The molecule has 0 heterocycles. The Labute approximate surface area is 392 Å². The Morgan fingerprint density at radius 2 is 0.823 bits per heavy atom. The molecule has 7 heteroatoms. The van der Waals surface area contributed by atoms with Crippen molar-refractivity contribution in [2.45, 2.75) is 249 Å². The van der Waals surface area contributed by atoms with E-state index in [0.717, 1.165) is 71.1 Å². The van der Waals surface area contributed by atoms with Gasteiger partial charge >= 0.3 is 0 Å². The number of ether oxygens (including phenoxy) is 5. The summed E-state index contributed by atoms with van der Waals surface area (Å²) < 4.78 is 29.8. The van der Waals surface area contributed by atoms with E-state index >= 15 is 0 Å². The highest BCUT2D eigenvalue weighted by Crippen LogP contribution is 2.21. The van der Waals surface area contributed by atoms with Crippen molar-refractivity contribution in [3.8, 4) is 0 Å². The number of nitrogens with zero attached hydrogens (tertiary/aromatic N) is 2. The third kappa shape index (κ3) is 47.3. The molecule has 2 unspecified atom stereocenters. The molecule has 0 saturated heterocycles. The highest BCUT2D eigenvalue weighted by molar-refractivity contribution is 4.84. The first kappa shape index (κ1) is 65.6. The first-order valence-electron chi connectivity index (χ1n) is 26.6. The Morgan fingerprint density at radius 3 is 1.31 bits per heavy atom. The van der Waals surface area contributed by atoms with Crippen molar-refractivity contribution in [3.05, 3.63) is 12.3 Å². The van der Waals surface area contributed by atoms with Crippen LogP contribution in [0.4, 0.5) is 0 Å². The summed E-state index contributed by atoms with van der Waals surface area (Å²) in [6, 6.07) is 0. The van der Waals surface area contributed by atoms with Gasteiger partial charge in [0.25, 0.3) is 0 Å². The van der Waals surface area contributed by atoms with Crippen molar-refractivity contribution in [2.24, 2.45) is 11.8 Å². The van der Waals surface area contributed by atoms with Gasteiger partial charge in [0.15, 0.2) is 0 Å². The molecule has 0 bridgehead atoms. The maximum atomic E-state index is 6.06. The van der Waals surface area contributed by atoms with E-state index in [-0.39, 0.29) is 16.3 Å². The zero-order valence-electron chi connectivity index (χ0n) is 41.7. The van der Waals surface area contributed by atoms with Gasteiger partial charge < -0.3 is 33.5 Å². The smallest absolute Gasteiger partial charge is 0.146 e. The molecule has 0 aliphatic carbocycles. The minimum absolute atomic E-state index is 0. The highest BCUT2D eigenvalue weighted by Gasteiger charge is 2.12.